The fourth-order valence-electron chi connectivity index (χ4n) is 2.67. The molecule has 1 aromatic rings. The molecule has 0 bridgehead atoms. The number of thiophene rings is 1. The number of rotatable bonds is 6. The molecule has 6 heteroatoms. The van der Waals surface area contributed by atoms with Crippen molar-refractivity contribution in [1.82, 2.24) is 10.2 Å². The number of likely N-dealkylation sites (tertiary alicyclic amines) is 1. The van der Waals surface area contributed by atoms with Gasteiger partial charge >= 0.3 is 5.97 Å². The number of amides is 1. The van der Waals surface area contributed by atoms with Crippen molar-refractivity contribution in [3.63, 3.8) is 0 Å². The topological polar surface area (TPSA) is 69.6 Å². The summed E-state index contributed by atoms with van der Waals surface area (Å²) in [6.45, 7) is 1.99. The zero-order chi connectivity index (χ0) is 15.2. The van der Waals surface area contributed by atoms with E-state index in [0.717, 1.165) is 30.8 Å². The summed E-state index contributed by atoms with van der Waals surface area (Å²) in [5.41, 5.74) is 0. The smallest absolute Gasteiger partial charge is 0.304 e. The Labute approximate surface area is 129 Å². The lowest BCUT2D eigenvalue weighted by atomic mass is 9.98. The lowest BCUT2D eigenvalue weighted by Crippen LogP contribution is -2.43. The van der Waals surface area contributed by atoms with Crippen molar-refractivity contribution >= 4 is 23.2 Å². The van der Waals surface area contributed by atoms with Crippen LogP contribution in [-0.2, 0) is 9.59 Å². The van der Waals surface area contributed by atoms with E-state index in [4.69, 9.17) is 5.11 Å². The van der Waals surface area contributed by atoms with Crippen LogP contribution in [0.4, 0.5) is 0 Å². The van der Waals surface area contributed by atoms with Gasteiger partial charge in [-0.15, -0.1) is 11.3 Å². The summed E-state index contributed by atoms with van der Waals surface area (Å²) in [5.74, 6) is -1.13. The molecule has 0 spiro atoms. The van der Waals surface area contributed by atoms with Crippen molar-refractivity contribution in [2.45, 2.75) is 37.6 Å². The van der Waals surface area contributed by atoms with Gasteiger partial charge in [0.1, 0.15) is 0 Å². The number of nitrogens with zero attached hydrogens (tertiary/aromatic N) is 1. The fourth-order valence-corrected chi connectivity index (χ4v) is 3.50. The Hall–Kier alpha value is -1.40. The molecule has 1 fully saturated rings. The predicted molar refractivity (Wildman–Crippen MR) is 82.6 cm³/mol. The van der Waals surface area contributed by atoms with Gasteiger partial charge in [0.05, 0.1) is 6.42 Å². The number of hydrogen-bond donors (Lipinski definition) is 2. The molecule has 1 saturated heterocycles. The van der Waals surface area contributed by atoms with Gasteiger partial charge in [-0.3, -0.25) is 9.59 Å². The maximum Gasteiger partial charge on any atom is 0.304 e. The minimum absolute atomic E-state index is 0.00133. The van der Waals surface area contributed by atoms with Crippen molar-refractivity contribution in [3.05, 3.63) is 22.4 Å². The Morgan fingerprint density at radius 3 is 2.71 bits per heavy atom. The molecule has 1 aromatic heterocycles. The number of carboxylic acids is 1. The molecule has 116 valence electrons. The molecule has 2 rings (SSSR count). The number of hydrogen-bond acceptors (Lipinski definition) is 4. The van der Waals surface area contributed by atoms with Crippen LogP contribution in [0.1, 0.15) is 36.5 Å². The highest BCUT2D eigenvalue weighted by Crippen LogP contribution is 2.27. The fraction of sp³-hybridized carbons (Fsp3) is 0.600. The number of carboxylic acid groups (broad SMARTS) is 1. The molecular weight excluding hydrogens is 288 g/mol. The quantitative estimate of drug-likeness (QED) is 0.842. The lowest BCUT2D eigenvalue weighted by Gasteiger charge is -2.29. The van der Waals surface area contributed by atoms with Crippen LogP contribution < -0.4 is 5.32 Å². The van der Waals surface area contributed by atoms with E-state index in [1.165, 1.54) is 11.3 Å². The molecule has 0 saturated carbocycles. The Kier molecular flexibility index (Phi) is 5.76. The van der Waals surface area contributed by atoms with E-state index in [2.05, 4.69) is 17.3 Å². The number of carbonyl (C=O) groups excluding carboxylic acids is 1. The van der Waals surface area contributed by atoms with Gasteiger partial charge in [-0.25, -0.2) is 0 Å². The van der Waals surface area contributed by atoms with Gasteiger partial charge in [0.15, 0.2) is 0 Å². The van der Waals surface area contributed by atoms with Gasteiger partial charge in [0, 0.05) is 23.3 Å². The molecule has 21 heavy (non-hydrogen) atoms. The molecule has 1 amide bonds. The van der Waals surface area contributed by atoms with E-state index in [0.29, 0.717) is 0 Å². The minimum atomic E-state index is -0.861. The zero-order valence-corrected chi connectivity index (χ0v) is 13.1. The van der Waals surface area contributed by atoms with Gasteiger partial charge < -0.3 is 15.3 Å². The van der Waals surface area contributed by atoms with Gasteiger partial charge in [-0.1, -0.05) is 6.07 Å². The van der Waals surface area contributed by atoms with Crippen LogP contribution in [0, 0.1) is 0 Å². The average molecular weight is 310 g/mol. The molecule has 0 aliphatic carbocycles. The van der Waals surface area contributed by atoms with Crippen LogP contribution >= 0.6 is 11.3 Å². The predicted octanol–water partition coefficient (Wildman–Crippen LogP) is 1.91. The number of piperidine rings is 1. The summed E-state index contributed by atoms with van der Waals surface area (Å²) in [6.07, 6.45) is 2.18. The van der Waals surface area contributed by atoms with E-state index in [1.54, 1.807) is 0 Å². The summed E-state index contributed by atoms with van der Waals surface area (Å²) in [5, 5.41) is 14.0. The lowest BCUT2D eigenvalue weighted by molar-refractivity contribution is -0.137. The van der Waals surface area contributed by atoms with Gasteiger partial charge in [0.2, 0.25) is 5.91 Å². The van der Waals surface area contributed by atoms with Crippen LogP contribution in [0.2, 0.25) is 0 Å². The number of carbonyl (C=O) groups is 2. The molecule has 1 atom stereocenters. The van der Waals surface area contributed by atoms with E-state index >= 15 is 0 Å². The first-order chi connectivity index (χ1) is 10.0. The highest BCUT2D eigenvalue weighted by molar-refractivity contribution is 7.10. The van der Waals surface area contributed by atoms with Crippen molar-refractivity contribution in [3.8, 4) is 0 Å². The Bertz CT molecular complexity index is 467. The summed E-state index contributed by atoms with van der Waals surface area (Å²) in [4.78, 5) is 26.4. The third kappa shape index (κ3) is 5.13. The standard InChI is InChI=1S/C15H22N2O3S/c1-17-6-4-12(5-7-17)16-14(18)9-11(10-15(19)20)13-3-2-8-21-13/h2-3,8,11-12H,4-7,9-10H2,1H3,(H,16,18)(H,19,20). The Balaban J connectivity index is 1.87. The third-order valence-corrected chi connectivity index (χ3v) is 4.92. The largest absolute Gasteiger partial charge is 0.481 e. The molecular formula is C15H22N2O3S. The summed E-state index contributed by atoms with van der Waals surface area (Å²) in [6, 6.07) is 4.02. The molecule has 0 aromatic carbocycles. The molecule has 2 heterocycles. The van der Waals surface area contributed by atoms with Crippen molar-refractivity contribution in [1.29, 1.82) is 0 Å². The normalized spacial score (nSPS) is 18.3. The first-order valence-corrected chi connectivity index (χ1v) is 8.15. The van der Waals surface area contributed by atoms with E-state index < -0.39 is 5.97 Å². The van der Waals surface area contributed by atoms with Crippen molar-refractivity contribution < 1.29 is 14.7 Å². The van der Waals surface area contributed by atoms with E-state index in [1.807, 2.05) is 17.5 Å². The number of nitrogens with one attached hydrogen (secondary N) is 1. The molecule has 5 nitrogen and oxygen atoms in total. The maximum absolute atomic E-state index is 12.2. The Morgan fingerprint density at radius 1 is 1.43 bits per heavy atom. The second-order valence-electron chi connectivity index (χ2n) is 5.66. The average Bonchev–Trinajstić information content (AvgIpc) is 2.94. The third-order valence-electron chi connectivity index (χ3n) is 3.88. The van der Waals surface area contributed by atoms with Crippen LogP contribution in [-0.4, -0.2) is 48.1 Å². The van der Waals surface area contributed by atoms with Crippen LogP contribution in [0.15, 0.2) is 17.5 Å². The van der Waals surface area contributed by atoms with Gasteiger partial charge in [-0.2, -0.15) is 0 Å². The molecule has 1 aliphatic rings. The number of aliphatic carboxylic acids is 1. The minimum Gasteiger partial charge on any atom is -0.481 e. The summed E-state index contributed by atoms with van der Waals surface area (Å²) < 4.78 is 0. The highest BCUT2D eigenvalue weighted by Gasteiger charge is 2.23. The van der Waals surface area contributed by atoms with Crippen LogP contribution in [0.3, 0.4) is 0 Å². The van der Waals surface area contributed by atoms with Crippen LogP contribution in [0.25, 0.3) is 0 Å². The highest BCUT2D eigenvalue weighted by atomic mass is 32.1. The van der Waals surface area contributed by atoms with Crippen molar-refractivity contribution in [2.24, 2.45) is 0 Å². The first-order valence-electron chi connectivity index (χ1n) is 7.27. The SMILES string of the molecule is CN1CCC(NC(=O)CC(CC(=O)O)c2cccs2)CC1. The van der Waals surface area contributed by atoms with Gasteiger partial charge in [-0.05, 0) is 44.4 Å². The first kappa shape index (κ1) is 16.0. The molecule has 1 unspecified atom stereocenters. The zero-order valence-electron chi connectivity index (χ0n) is 12.2. The van der Waals surface area contributed by atoms with Crippen molar-refractivity contribution in [2.75, 3.05) is 20.1 Å². The van der Waals surface area contributed by atoms with E-state index in [-0.39, 0.29) is 30.7 Å². The second-order valence-corrected chi connectivity index (χ2v) is 6.64. The van der Waals surface area contributed by atoms with E-state index in [9.17, 15) is 9.59 Å². The summed E-state index contributed by atoms with van der Waals surface area (Å²) in [7, 11) is 2.08. The maximum atomic E-state index is 12.2. The monoisotopic (exact) mass is 310 g/mol. The Morgan fingerprint density at radius 2 is 2.14 bits per heavy atom. The van der Waals surface area contributed by atoms with Crippen LogP contribution in [0.5, 0.6) is 0 Å². The molecule has 2 N–H and O–H groups in total. The second kappa shape index (κ2) is 7.56. The molecule has 0 radical (unpaired) electrons. The van der Waals surface area contributed by atoms with Gasteiger partial charge in [0.25, 0.3) is 0 Å². The molecule has 1 aliphatic heterocycles. The summed E-state index contributed by atoms with van der Waals surface area (Å²) >= 11 is 1.51.